The molecule has 0 N–H and O–H groups in total. The smallest absolute Gasteiger partial charge is 0.305 e. The van der Waals surface area contributed by atoms with E-state index in [0.717, 1.165) is 32.1 Å². The lowest BCUT2D eigenvalue weighted by Gasteiger charge is -2.09. The van der Waals surface area contributed by atoms with Gasteiger partial charge in [0.1, 0.15) is 0 Å². The molecule has 16 heavy (non-hydrogen) atoms. The molecule has 1 unspecified atom stereocenters. The molecule has 0 aliphatic carbocycles. The molecule has 0 saturated carbocycles. The van der Waals surface area contributed by atoms with E-state index < -0.39 is 6.10 Å². The fourth-order valence-electron chi connectivity index (χ4n) is 1.94. The van der Waals surface area contributed by atoms with Gasteiger partial charge in [0.15, 0.2) is 0 Å². The second kappa shape index (κ2) is 8.57. The highest BCUT2D eigenvalue weighted by molar-refractivity contribution is 5.69. The third kappa shape index (κ3) is 6.83. The minimum absolute atomic E-state index is 0.166. The molecule has 1 aliphatic rings. The van der Waals surface area contributed by atoms with E-state index in [1.54, 1.807) is 0 Å². The van der Waals surface area contributed by atoms with Crippen LogP contribution in [-0.4, -0.2) is 18.7 Å². The lowest BCUT2D eigenvalue weighted by Crippen LogP contribution is -2.09. The number of carbonyl (C=O) groups excluding carboxylic acids is 1. The second-order valence-corrected chi connectivity index (χ2v) is 4.48. The highest BCUT2D eigenvalue weighted by Gasteiger charge is 2.09. The molecule has 0 amide bonds. The summed E-state index contributed by atoms with van der Waals surface area (Å²) in [5.74, 6) is -0.166. The first kappa shape index (κ1) is 13.5. The maximum absolute atomic E-state index is 11.5. The van der Waals surface area contributed by atoms with Gasteiger partial charge in [-0.05, 0) is 32.1 Å². The van der Waals surface area contributed by atoms with Crippen LogP contribution in [0.25, 0.3) is 0 Å². The molecule has 1 heterocycles. The molecule has 1 atom stereocenters. The SMILES string of the molecule is [O]C1CCCCCC[CH]COC(=O)CCC1. The fraction of sp³-hybridized carbons (Fsp3) is 0.846. The Morgan fingerprint density at radius 2 is 1.81 bits per heavy atom. The van der Waals surface area contributed by atoms with Crippen molar-refractivity contribution in [3.8, 4) is 0 Å². The van der Waals surface area contributed by atoms with Crippen LogP contribution < -0.4 is 0 Å². The van der Waals surface area contributed by atoms with E-state index in [0.29, 0.717) is 25.9 Å². The number of carbonyl (C=O) groups is 1. The molecule has 92 valence electrons. The van der Waals surface area contributed by atoms with Crippen molar-refractivity contribution in [2.24, 2.45) is 0 Å². The van der Waals surface area contributed by atoms with Gasteiger partial charge in [-0.1, -0.05) is 25.7 Å². The number of cyclic esters (lactones) is 1. The van der Waals surface area contributed by atoms with E-state index in [1.807, 2.05) is 6.42 Å². The van der Waals surface area contributed by atoms with E-state index in [9.17, 15) is 9.90 Å². The Kier molecular flexibility index (Phi) is 7.23. The zero-order chi connectivity index (χ0) is 11.6. The summed E-state index contributed by atoms with van der Waals surface area (Å²) < 4.78 is 5.03. The number of hydrogen-bond acceptors (Lipinski definition) is 2. The third-order valence-corrected chi connectivity index (χ3v) is 2.95. The molecule has 0 spiro atoms. The third-order valence-electron chi connectivity index (χ3n) is 2.95. The number of hydrogen-bond donors (Lipinski definition) is 0. The zero-order valence-electron chi connectivity index (χ0n) is 9.95. The summed E-state index contributed by atoms with van der Waals surface area (Å²) in [4.78, 5) is 11.2. The second-order valence-electron chi connectivity index (χ2n) is 4.48. The van der Waals surface area contributed by atoms with Crippen molar-refractivity contribution in [3.63, 3.8) is 0 Å². The van der Waals surface area contributed by atoms with Crippen molar-refractivity contribution in [1.29, 1.82) is 0 Å². The normalized spacial score (nSPS) is 26.8. The van der Waals surface area contributed by atoms with Crippen LogP contribution in [-0.2, 0) is 14.6 Å². The Morgan fingerprint density at radius 3 is 2.69 bits per heavy atom. The summed E-state index contributed by atoms with van der Waals surface area (Å²) in [6, 6.07) is 0. The van der Waals surface area contributed by atoms with Gasteiger partial charge in [0.05, 0.1) is 12.7 Å². The molecule has 0 aromatic rings. The maximum atomic E-state index is 11.5. The monoisotopic (exact) mass is 226 g/mol. The first-order valence-corrected chi connectivity index (χ1v) is 6.42. The topological polar surface area (TPSA) is 46.2 Å². The van der Waals surface area contributed by atoms with Crippen LogP contribution in [0, 0.1) is 6.42 Å². The summed E-state index contributed by atoms with van der Waals surface area (Å²) in [6.45, 7) is 0.430. The number of ether oxygens (including phenoxy) is 1. The highest BCUT2D eigenvalue weighted by Crippen LogP contribution is 2.13. The largest absolute Gasteiger partial charge is 0.465 e. The van der Waals surface area contributed by atoms with Crippen LogP contribution in [0.3, 0.4) is 0 Å². The van der Waals surface area contributed by atoms with Crippen LogP contribution in [0.2, 0.25) is 0 Å². The van der Waals surface area contributed by atoms with Crippen molar-refractivity contribution in [1.82, 2.24) is 0 Å². The average molecular weight is 226 g/mol. The Hall–Kier alpha value is -0.570. The molecule has 3 nitrogen and oxygen atoms in total. The molecule has 3 heteroatoms. The molecule has 2 radical (unpaired) electrons. The highest BCUT2D eigenvalue weighted by atomic mass is 16.5. The van der Waals surface area contributed by atoms with Crippen LogP contribution in [0.1, 0.15) is 57.8 Å². The molecule has 0 bridgehead atoms. The summed E-state index contributed by atoms with van der Waals surface area (Å²) >= 11 is 0. The molecule has 0 aromatic carbocycles. The van der Waals surface area contributed by atoms with Gasteiger partial charge in [0, 0.05) is 6.42 Å². The van der Waals surface area contributed by atoms with E-state index in [4.69, 9.17) is 4.74 Å². The molecular weight excluding hydrogens is 204 g/mol. The van der Waals surface area contributed by atoms with Crippen LogP contribution in [0.5, 0.6) is 0 Å². The van der Waals surface area contributed by atoms with E-state index in [2.05, 4.69) is 0 Å². The van der Waals surface area contributed by atoms with Crippen molar-refractivity contribution in [3.05, 3.63) is 6.42 Å². The van der Waals surface area contributed by atoms with Gasteiger partial charge in [-0.15, -0.1) is 0 Å². The summed E-state index contributed by atoms with van der Waals surface area (Å²) in [5.41, 5.74) is 0. The van der Waals surface area contributed by atoms with Crippen molar-refractivity contribution >= 4 is 5.97 Å². The van der Waals surface area contributed by atoms with Crippen molar-refractivity contribution < 1.29 is 14.6 Å². The van der Waals surface area contributed by atoms with Gasteiger partial charge in [0.2, 0.25) is 0 Å². The Labute approximate surface area is 98.2 Å². The lowest BCUT2D eigenvalue weighted by atomic mass is 10.0. The van der Waals surface area contributed by atoms with Crippen molar-refractivity contribution in [2.45, 2.75) is 63.9 Å². The predicted molar refractivity (Wildman–Crippen MR) is 61.3 cm³/mol. The Morgan fingerprint density at radius 1 is 1.06 bits per heavy atom. The van der Waals surface area contributed by atoms with E-state index in [1.165, 1.54) is 6.42 Å². The average Bonchev–Trinajstić information content (AvgIpc) is 2.26. The lowest BCUT2D eigenvalue weighted by molar-refractivity contribution is -0.143. The predicted octanol–water partition coefficient (Wildman–Crippen LogP) is 3.06. The van der Waals surface area contributed by atoms with Gasteiger partial charge in [-0.3, -0.25) is 4.79 Å². The molecule has 1 aliphatic heterocycles. The van der Waals surface area contributed by atoms with Crippen LogP contribution in [0.15, 0.2) is 0 Å². The van der Waals surface area contributed by atoms with Gasteiger partial charge >= 0.3 is 5.97 Å². The maximum Gasteiger partial charge on any atom is 0.305 e. The van der Waals surface area contributed by atoms with Gasteiger partial charge < -0.3 is 4.74 Å². The number of esters is 1. The summed E-state index contributed by atoms with van der Waals surface area (Å²) in [6.07, 6.45) is 9.51. The van der Waals surface area contributed by atoms with Gasteiger partial charge in [-0.25, -0.2) is 5.11 Å². The molecule has 1 rings (SSSR count). The molecule has 1 saturated heterocycles. The zero-order valence-corrected chi connectivity index (χ0v) is 9.95. The summed E-state index contributed by atoms with van der Waals surface area (Å²) in [5, 5.41) is 11.5. The molecule has 0 aromatic heterocycles. The number of rotatable bonds is 0. The van der Waals surface area contributed by atoms with Gasteiger partial charge in [-0.2, -0.15) is 0 Å². The first-order valence-electron chi connectivity index (χ1n) is 6.42. The minimum Gasteiger partial charge on any atom is -0.465 e. The standard InChI is InChI=1S/C13H22O3/c14-12-8-5-3-1-2-4-6-11-16-13(15)10-7-9-12/h6,12H,1-5,7-11H2. The quantitative estimate of drug-likeness (QED) is 0.596. The fourth-order valence-corrected chi connectivity index (χ4v) is 1.94. The molecular formula is C13H22O3. The van der Waals surface area contributed by atoms with Crippen LogP contribution in [0.4, 0.5) is 0 Å². The first-order chi connectivity index (χ1) is 7.79. The summed E-state index contributed by atoms with van der Waals surface area (Å²) in [7, 11) is 0. The van der Waals surface area contributed by atoms with Crippen molar-refractivity contribution in [2.75, 3.05) is 6.61 Å². The van der Waals surface area contributed by atoms with Gasteiger partial charge in [0.25, 0.3) is 0 Å². The Balaban J connectivity index is 2.22. The Bertz CT molecular complexity index is 192. The minimum atomic E-state index is -0.484. The molecule has 1 fully saturated rings. The van der Waals surface area contributed by atoms with E-state index in [-0.39, 0.29) is 5.97 Å². The van der Waals surface area contributed by atoms with E-state index >= 15 is 0 Å². The van der Waals surface area contributed by atoms with Crippen LogP contribution >= 0.6 is 0 Å².